The molecule has 1 heterocycles. The number of rotatable bonds is 1. The van der Waals surface area contributed by atoms with Crippen molar-refractivity contribution in [2.45, 2.75) is 4.90 Å². The Morgan fingerprint density at radius 2 is 2.14 bits per heavy atom. The van der Waals surface area contributed by atoms with E-state index in [9.17, 15) is 8.76 Å². The van der Waals surface area contributed by atoms with Crippen LogP contribution in [0.15, 0.2) is 28.5 Å². The zero-order valence-electron chi connectivity index (χ0n) is 7.32. The molecule has 2 nitrogen and oxygen atoms in total. The summed E-state index contributed by atoms with van der Waals surface area (Å²) < 4.78 is 22.4. The van der Waals surface area contributed by atoms with Gasteiger partial charge in [0.25, 0.3) is 0 Å². The van der Waals surface area contributed by atoms with Crippen molar-refractivity contribution in [1.82, 2.24) is 0 Å². The molecule has 0 spiro atoms. The van der Waals surface area contributed by atoms with Gasteiger partial charge in [-0.25, -0.2) is 0 Å². The van der Waals surface area contributed by atoms with E-state index in [-0.39, 0.29) is 29.6 Å². The number of hydrogen-bond acceptors (Lipinski definition) is 3. The summed E-state index contributed by atoms with van der Waals surface area (Å²) in [4.78, 5) is 0.322. The third-order valence-electron chi connectivity index (χ3n) is 1.68. The van der Waals surface area contributed by atoms with Crippen molar-refractivity contribution in [3.05, 3.63) is 28.6 Å². The van der Waals surface area contributed by atoms with Crippen molar-refractivity contribution in [2.24, 2.45) is 0 Å². The van der Waals surface area contributed by atoms with Crippen molar-refractivity contribution in [3.63, 3.8) is 0 Å². The van der Waals surface area contributed by atoms with Gasteiger partial charge in [0.05, 0.1) is 0 Å². The van der Waals surface area contributed by atoms with Crippen LogP contribution in [0, 0.1) is 0 Å². The first-order chi connectivity index (χ1) is 6.18. The van der Waals surface area contributed by atoms with E-state index >= 15 is 0 Å². The molecule has 2 aromatic rings. The van der Waals surface area contributed by atoms with Crippen molar-refractivity contribution in [3.8, 4) is 0 Å². The molecule has 0 N–H and O–H groups in total. The van der Waals surface area contributed by atoms with Gasteiger partial charge in [0.1, 0.15) is 0 Å². The summed E-state index contributed by atoms with van der Waals surface area (Å²) in [5, 5.41) is 2.87. The first-order valence-corrected chi connectivity index (χ1v) is 5.78. The molecule has 0 fully saturated rings. The maximum Gasteiger partial charge on any atom is 1.00 e. The smallest absolute Gasteiger partial charge is 0.768 e. The summed E-state index contributed by atoms with van der Waals surface area (Å²) in [5.41, 5.74) is 0. The Morgan fingerprint density at radius 3 is 2.79 bits per heavy atom. The van der Waals surface area contributed by atoms with Crippen LogP contribution >= 0.6 is 22.9 Å². The van der Waals surface area contributed by atoms with E-state index in [2.05, 4.69) is 0 Å². The second kappa shape index (κ2) is 5.07. The number of benzene rings is 1. The predicted octanol–water partition coefficient (Wildman–Crippen LogP) is -0.203. The minimum Gasteiger partial charge on any atom is -0.768 e. The van der Waals surface area contributed by atoms with E-state index in [4.69, 9.17) is 11.6 Å². The molecule has 0 saturated carbocycles. The summed E-state index contributed by atoms with van der Waals surface area (Å²) in [6, 6.07) is 5.23. The quantitative estimate of drug-likeness (QED) is 0.522. The van der Waals surface area contributed by atoms with Gasteiger partial charge in [-0.05, 0) is 29.3 Å². The first kappa shape index (κ1) is 12.6. The summed E-state index contributed by atoms with van der Waals surface area (Å²) >= 11 is 4.98. The second-order valence-electron chi connectivity index (χ2n) is 2.48. The fraction of sp³-hybridized carbons (Fsp3) is 0. The Bertz CT molecular complexity index is 483. The molecule has 0 aliphatic heterocycles. The number of fused-ring (bicyclic) bond motifs is 1. The van der Waals surface area contributed by atoms with E-state index in [1.54, 1.807) is 17.5 Å². The topological polar surface area (TPSA) is 40.1 Å². The van der Waals surface area contributed by atoms with Gasteiger partial charge in [0, 0.05) is 25.4 Å². The second-order valence-corrected chi connectivity index (χ2v) is 4.73. The Hall–Kier alpha value is 0.580. The van der Waals surface area contributed by atoms with Crippen LogP contribution in [0.4, 0.5) is 0 Å². The summed E-state index contributed by atoms with van der Waals surface area (Å²) in [6.07, 6.45) is 0. The van der Waals surface area contributed by atoms with E-state index in [1.807, 2.05) is 6.07 Å². The van der Waals surface area contributed by atoms with Crippen LogP contribution in [0.2, 0.25) is 5.02 Å². The number of halogens is 1. The average molecular weight is 255 g/mol. The molecule has 1 aromatic heterocycles. The van der Waals surface area contributed by atoms with Crippen LogP contribution in [-0.4, -0.2) is 8.76 Å². The minimum atomic E-state index is -2.18. The molecule has 0 radical (unpaired) electrons. The van der Waals surface area contributed by atoms with Crippen LogP contribution in [0.5, 0.6) is 0 Å². The summed E-state index contributed by atoms with van der Waals surface area (Å²) in [6.45, 7) is 0. The van der Waals surface area contributed by atoms with Crippen LogP contribution in [0.25, 0.3) is 10.1 Å². The molecule has 2 rings (SSSR count). The number of hydrogen-bond donors (Lipinski definition) is 0. The standard InChI is InChI=1S/C8H5ClO2S2.Na/c9-5-1-2-7-6(3-5)8(4-12-7)13(10)11;/h1-4H,(H,10,11);/q;+1/p-1. The largest absolute Gasteiger partial charge is 1.00 e. The Kier molecular flexibility index (Phi) is 4.58. The van der Waals surface area contributed by atoms with Gasteiger partial charge in [0.2, 0.25) is 0 Å². The van der Waals surface area contributed by atoms with Gasteiger partial charge in [-0.2, -0.15) is 0 Å². The first-order valence-electron chi connectivity index (χ1n) is 3.44. The van der Waals surface area contributed by atoms with Crippen LogP contribution in [0.1, 0.15) is 0 Å². The van der Waals surface area contributed by atoms with Crippen molar-refractivity contribution in [2.75, 3.05) is 0 Å². The van der Waals surface area contributed by atoms with Gasteiger partial charge in [-0.1, -0.05) is 11.6 Å². The molecule has 0 saturated heterocycles. The molecule has 14 heavy (non-hydrogen) atoms. The van der Waals surface area contributed by atoms with Crippen LogP contribution in [-0.2, 0) is 11.1 Å². The fourth-order valence-corrected chi connectivity index (χ4v) is 2.95. The fourth-order valence-electron chi connectivity index (χ4n) is 1.11. The van der Waals surface area contributed by atoms with Gasteiger partial charge >= 0.3 is 29.6 Å². The van der Waals surface area contributed by atoms with Crippen LogP contribution in [0.3, 0.4) is 0 Å². The molecule has 1 unspecified atom stereocenters. The Morgan fingerprint density at radius 1 is 1.43 bits per heavy atom. The molecular weight excluding hydrogens is 251 g/mol. The predicted molar refractivity (Wildman–Crippen MR) is 54.0 cm³/mol. The Balaban J connectivity index is 0.000000980. The van der Waals surface area contributed by atoms with Crippen LogP contribution < -0.4 is 29.6 Å². The molecule has 0 aliphatic rings. The van der Waals surface area contributed by atoms with Crippen molar-refractivity contribution in [1.29, 1.82) is 0 Å². The van der Waals surface area contributed by atoms with E-state index in [0.717, 1.165) is 4.70 Å². The zero-order chi connectivity index (χ0) is 9.42. The maximum atomic E-state index is 10.8. The van der Waals surface area contributed by atoms with E-state index in [0.29, 0.717) is 15.3 Å². The minimum absolute atomic E-state index is 0. The third kappa shape index (κ3) is 2.39. The molecule has 68 valence electrons. The molecule has 6 heteroatoms. The monoisotopic (exact) mass is 254 g/mol. The molecule has 0 amide bonds. The van der Waals surface area contributed by atoms with Gasteiger partial charge in [-0.3, -0.25) is 4.21 Å². The van der Waals surface area contributed by atoms with Crippen molar-refractivity contribution >= 4 is 44.1 Å². The molecule has 0 bridgehead atoms. The normalized spacial score (nSPS) is 12.4. The molecule has 0 aliphatic carbocycles. The van der Waals surface area contributed by atoms with Gasteiger partial charge in [0.15, 0.2) is 0 Å². The van der Waals surface area contributed by atoms with Gasteiger partial charge < -0.3 is 4.55 Å². The van der Waals surface area contributed by atoms with Gasteiger partial charge in [-0.15, -0.1) is 11.3 Å². The third-order valence-corrected chi connectivity index (χ3v) is 3.72. The molecule has 1 atom stereocenters. The van der Waals surface area contributed by atoms with E-state index < -0.39 is 11.1 Å². The molecule has 1 aromatic carbocycles. The summed E-state index contributed by atoms with van der Waals surface area (Å²) in [5.74, 6) is 0. The molecular formula is C8H4ClNaO2S2. The number of thiophene rings is 1. The Labute approximate surface area is 115 Å². The average Bonchev–Trinajstić information content (AvgIpc) is 2.46. The summed E-state index contributed by atoms with van der Waals surface area (Å²) in [7, 11) is 0. The zero-order valence-corrected chi connectivity index (χ0v) is 11.7. The SMILES string of the molecule is O=S([O-])c1csc2ccc(Cl)cc12.[Na+]. The van der Waals surface area contributed by atoms with Crippen molar-refractivity contribution < 1.29 is 38.3 Å². The van der Waals surface area contributed by atoms with E-state index in [1.165, 1.54) is 11.3 Å². The maximum absolute atomic E-state index is 10.8.